The molecule has 5 rings (SSSR count). The minimum absolute atomic E-state index is 0.0749. The topological polar surface area (TPSA) is 75.7 Å². The summed E-state index contributed by atoms with van der Waals surface area (Å²) in [6, 6.07) is 6.85. The van der Waals surface area contributed by atoms with Crippen LogP contribution in [0.15, 0.2) is 24.3 Å². The zero-order valence-corrected chi connectivity index (χ0v) is 15.2. The third-order valence-corrected chi connectivity index (χ3v) is 6.81. The predicted molar refractivity (Wildman–Crippen MR) is 98.1 cm³/mol. The molecule has 3 amide bonds. The van der Waals surface area contributed by atoms with E-state index in [2.05, 4.69) is 5.32 Å². The van der Waals surface area contributed by atoms with E-state index in [0.717, 1.165) is 38.7 Å². The van der Waals surface area contributed by atoms with Crippen molar-refractivity contribution in [2.75, 3.05) is 18.1 Å². The molecule has 4 fully saturated rings. The number of anilines is 1. The molecule has 2 saturated heterocycles. The van der Waals surface area contributed by atoms with Gasteiger partial charge >= 0.3 is 0 Å². The summed E-state index contributed by atoms with van der Waals surface area (Å²) in [5.74, 6) is 0.0788. The molecule has 6 heteroatoms. The van der Waals surface area contributed by atoms with Gasteiger partial charge in [0.25, 0.3) is 5.91 Å². The average molecular weight is 368 g/mol. The van der Waals surface area contributed by atoms with Gasteiger partial charge in [0.05, 0.1) is 23.6 Å². The lowest BCUT2D eigenvalue weighted by Crippen LogP contribution is -2.34. The van der Waals surface area contributed by atoms with E-state index in [9.17, 15) is 14.4 Å². The summed E-state index contributed by atoms with van der Waals surface area (Å²) >= 11 is 0. The Bertz CT molecular complexity index is 773. The molecular formula is C21H24N2O4. The molecule has 142 valence electrons. The minimum Gasteiger partial charge on any atom is -0.376 e. The van der Waals surface area contributed by atoms with Crippen LogP contribution >= 0.6 is 0 Å². The maximum atomic E-state index is 13.0. The fourth-order valence-corrected chi connectivity index (χ4v) is 5.56. The van der Waals surface area contributed by atoms with Gasteiger partial charge in [-0.3, -0.25) is 19.3 Å². The van der Waals surface area contributed by atoms with E-state index < -0.39 is 0 Å². The van der Waals surface area contributed by atoms with Crippen LogP contribution in [0, 0.1) is 23.7 Å². The number of hydrogen-bond acceptors (Lipinski definition) is 4. The van der Waals surface area contributed by atoms with Gasteiger partial charge in [-0.2, -0.15) is 0 Å². The molecule has 1 aromatic carbocycles. The van der Waals surface area contributed by atoms with Gasteiger partial charge in [-0.1, -0.05) is 6.07 Å². The highest BCUT2D eigenvalue weighted by Crippen LogP contribution is 2.56. The number of ether oxygens (including phenoxy) is 1. The van der Waals surface area contributed by atoms with E-state index in [4.69, 9.17) is 4.74 Å². The molecule has 2 aliphatic heterocycles. The van der Waals surface area contributed by atoms with Gasteiger partial charge in [0.15, 0.2) is 0 Å². The second-order valence-corrected chi connectivity index (χ2v) is 8.29. The number of rotatable bonds is 4. The Morgan fingerprint density at radius 3 is 2.52 bits per heavy atom. The highest BCUT2D eigenvalue weighted by Gasteiger charge is 2.61. The normalized spacial score (nSPS) is 34.4. The predicted octanol–water partition coefficient (Wildman–Crippen LogP) is 2.13. The SMILES string of the molecule is O=C(NC[C@@H]1CCCO1)c1cccc(N2C(=O)[C@@H]3[C@H]4CC[C@@H](C4)[C@H]3C2=O)c1. The van der Waals surface area contributed by atoms with Crippen molar-refractivity contribution >= 4 is 23.4 Å². The molecule has 0 radical (unpaired) electrons. The largest absolute Gasteiger partial charge is 0.376 e. The van der Waals surface area contributed by atoms with Crippen molar-refractivity contribution in [1.82, 2.24) is 5.32 Å². The lowest BCUT2D eigenvalue weighted by atomic mass is 9.81. The quantitative estimate of drug-likeness (QED) is 0.826. The van der Waals surface area contributed by atoms with Crippen LogP contribution in [0.4, 0.5) is 5.69 Å². The molecule has 2 heterocycles. The first-order valence-corrected chi connectivity index (χ1v) is 10.0. The number of fused-ring (bicyclic) bond motifs is 5. The molecule has 2 saturated carbocycles. The Hall–Kier alpha value is -2.21. The van der Waals surface area contributed by atoms with Crippen molar-refractivity contribution in [3.63, 3.8) is 0 Å². The van der Waals surface area contributed by atoms with Gasteiger partial charge in [-0.25, -0.2) is 0 Å². The zero-order chi connectivity index (χ0) is 18.5. The third kappa shape index (κ3) is 2.69. The standard InChI is InChI=1S/C21H24N2O4/c24-19(22-11-16-5-2-8-27-16)14-3-1-4-15(10-14)23-20(25)17-12-6-7-13(9-12)18(17)21(23)26/h1,3-4,10,12-13,16-18H,2,5-9,11H2,(H,22,24)/t12-,13-,16-,17+,18+/m0/s1. The first-order valence-electron chi connectivity index (χ1n) is 10.0. The monoisotopic (exact) mass is 368 g/mol. The summed E-state index contributed by atoms with van der Waals surface area (Å²) in [4.78, 5) is 39.7. The second kappa shape index (κ2) is 6.44. The Morgan fingerprint density at radius 1 is 1.11 bits per heavy atom. The first kappa shape index (κ1) is 16.9. The van der Waals surface area contributed by atoms with Crippen LogP contribution in [0.25, 0.3) is 0 Å². The van der Waals surface area contributed by atoms with E-state index in [0.29, 0.717) is 29.6 Å². The Morgan fingerprint density at radius 2 is 1.85 bits per heavy atom. The summed E-state index contributed by atoms with van der Waals surface area (Å²) in [6.07, 6.45) is 5.21. The average Bonchev–Trinajstić information content (AvgIpc) is 3.45. The maximum absolute atomic E-state index is 13.0. The summed E-state index contributed by atoms with van der Waals surface area (Å²) in [7, 11) is 0. The van der Waals surface area contributed by atoms with E-state index in [1.807, 2.05) is 0 Å². The summed E-state index contributed by atoms with van der Waals surface area (Å²) in [5, 5.41) is 2.89. The maximum Gasteiger partial charge on any atom is 0.251 e. The molecule has 1 aromatic rings. The van der Waals surface area contributed by atoms with E-state index in [1.165, 1.54) is 4.90 Å². The van der Waals surface area contributed by atoms with E-state index in [-0.39, 0.29) is 35.7 Å². The fourth-order valence-electron chi connectivity index (χ4n) is 5.56. The van der Waals surface area contributed by atoms with Gasteiger partial charge in [0, 0.05) is 18.7 Å². The molecule has 27 heavy (non-hydrogen) atoms. The highest BCUT2D eigenvalue weighted by molar-refractivity contribution is 6.22. The highest BCUT2D eigenvalue weighted by atomic mass is 16.5. The van der Waals surface area contributed by atoms with Gasteiger partial charge in [-0.15, -0.1) is 0 Å². The van der Waals surface area contributed by atoms with Crippen LogP contribution in [0.2, 0.25) is 0 Å². The Labute approximate surface area is 158 Å². The molecule has 0 unspecified atom stereocenters. The lowest BCUT2D eigenvalue weighted by Gasteiger charge is -2.19. The number of hydrogen-bond donors (Lipinski definition) is 1. The van der Waals surface area contributed by atoms with Gasteiger partial charge < -0.3 is 10.1 Å². The van der Waals surface area contributed by atoms with Gasteiger partial charge in [0.1, 0.15) is 0 Å². The number of carbonyl (C=O) groups is 3. The smallest absolute Gasteiger partial charge is 0.251 e. The van der Waals surface area contributed by atoms with Gasteiger partial charge in [0.2, 0.25) is 11.8 Å². The van der Waals surface area contributed by atoms with Crippen molar-refractivity contribution in [3.8, 4) is 0 Å². The third-order valence-electron chi connectivity index (χ3n) is 6.81. The number of carbonyl (C=O) groups excluding carboxylic acids is 3. The number of benzene rings is 1. The van der Waals surface area contributed by atoms with Crippen LogP contribution < -0.4 is 10.2 Å². The summed E-state index contributed by atoms with van der Waals surface area (Å²) < 4.78 is 5.53. The number of amides is 3. The molecular weight excluding hydrogens is 344 g/mol. The second-order valence-electron chi connectivity index (χ2n) is 8.29. The van der Waals surface area contributed by atoms with Crippen molar-refractivity contribution in [3.05, 3.63) is 29.8 Å². The number of imide groups is 1. The Balaban J connectivity index is 1.34. The zero-order valence-electron chi connectivity index (χ0n) is 15.2. The molecule has 5 atom stereocenters. The molecule has 0 spiro atoms. The van der Waals surface area contributed by atoms with Crippen molar-refractivity contribution < 1.29 is 19.1 Å². The van der Waals surface area contributed by atoms with Crippen molar-refractivity contribution in [2.45, 2.75) is 38.2 Å². The molecule has 0 aromatic heterocycles. The molecule has 4 aliphatic rings. The molecule has 2 aliphatic carbocycles. The fraction of sp³-hybridized carbons (Fsp3) is 0.571. The summed E-state index contributed by atoms with van der Waals surface area (Å²) in [6.45, 7) is 1.23. The minimum atomic E-state index is -0.202. The van der Waals surface area contributed by atoms with Crippen LogP contribution in [0.5, 0.6) is 0 Å². The van der Waals surface area contributed by atoms with Crippen molar-refractivity contribution in [1.29, 1.82) is 0 Å². The van der Waals surface area contributed by atoms with Gasteiger partial charge in [-0.05, 0) is 62.1 Å². The first-order chi connectivity index (χ1) is 13.1. The number of nitrogens with one attached hydrogen (secondary N) is 1. The number of nitrogens with zero attached hydrogens (tertiary/aromatic N) is 1. The summed E-state index contributed by atoms with van der Waals surface area (Å²) in [5.41, 5.74) is 0.981. The van der Waals surface area contributed by atoms with E-state index >= 15 is 0 Å². The van der Waals surface area contributed by atoms with Crippen LogP contribution in [-0.4, -0.2) is 37.0 Å². The van der Waals surface area contributed by atoms with E-state index in [1.54, 1.807) is 24.3 Å². The molecule has 2 bridgehead atoms. The van der Waals surface area contributed by atoms with Crippen LogP contribution in [-0.2, 0) is 14.3 Å². The van der Waals surface area contributed by atoms with Crippen LogP contribution in [0.3, 0.4) is 0 Å². The lowest BCUT2D eigenvalue weighted by molar-refractivity contribution is -0.123. The molecule has 6 nitrogen and oxygen atoms in total. The van der Waals surface area contributed by atoms with Crippen molar-refractivity contribution in [2.24, 2.45) is 23.7 Å². The Kier molecular flexibility index (Phi) is 4.04. The molecule has 1 N–H and O–H groups in total. The van der Waals surface area contributed by atoms with Crippen LogP contribution in [0.1, 0.15) is 42.5 Å².